The van der Waals surface area contributed by atoms with Crippen LogP contribution in [-0.2, 0) is 16.1 Å². The first-order valence-electron chi connectivity index (χ1n) is 11.0. The number of benzene rings is 2. The van der Waals surface area contributed by atoms with E-state index in [9.17, 15) is 9.59 Å². The van der Waals surface area contributed by atoms with Gasteiger partial charge in [-0.15, -0.1) is 0 Å². The first-order chi connectivity index (χ1) is 15.7. The molecule has 0 aliphatic rings. The van der Waals surface area contributed by atoms with Crippen LogP contribution in [-0.4, -0.2) is 33.9 Å². The van der Waals surface area contributed by atoms with E-state index < -0.39 is 0 Å². The van der Waals surface area contributed by atoms with Gasteiger partial charge >= 0.3 is 0 Å². The minimum Gasteiger partial charge on any atom is -0.379 e. The van der Waals surface area contributed by atoms with Gasteiger partial charge in [0.05, 0.1) is 22.8 Å². The summed E-state index contributed by atoms with van der Waals surface area (Å²) >= 11 is 7.36. The molecule has 33 heavy (non-hydrogen) atoms. The number of anilines is 1. The summed E-state index contributed by atoms with van der Waals surface area (Å²) < 4.78 is 7.24. The second kappa shape index (κ2) is 11.2. The summed E-state index contributed by atoms with van der Waals surface area (Å²) in [5.74, 6) is -0.0153. The molecule has 0 atom stereocenters. The lowest BCUT2D eigenvalue weighted by atomic mass is 10.1. The molecule has 1 heterocycles. The van der Waals surface area contributed by atoms with E-state index in [2.05, 4.69) is 10.3 Å². The van der Waals surface area contributed by atoms with Crippen molar-refractivity contribution in [3.63, 3.8) is 0 Å². The fourth-order valence-corrected chi connectivity index (χ4v) is 4.70. The molecule has 0 unspecified atom stereocenters. The number of carbonyl (C=O) groups excluding carboxylic acids is 1. The zero-order valence-corrected chi connectivity index (χ0v) is 21.3. The molecule has 8 heteroatoms. The number of halogens is 1. The first kappa shape index (κ1) is 25.3. The number of ether oxygens (including phenoxy) is 1. The third-order valence-electron chi connectivity index (χ3n) is 5.13. The topological polar surface area (TPSA) is 73.2 Å². The molecule has 6 nitrogen and oxygen atoms in total. The van der Waals surface area contributed by atoms with E-state index in [1.165, 1.54) is 11.8 Å². The number of nitrogens with one attached hydrogen (secondary N) is 1. The second-order valence-electron chi connectivity index (χ2n) is 8.40. The van der Waals surface area contributed by atoms with E-state index >= 15 is 0 Å². The van der Waals surface area contributed by atoms with E-state index in [0.717, 1.165) is 22.4 Å². The Morgan fingerprint density at radius 1 is 1.18 bits per heavy atom. The normalized spacial score (nSPS) is 11.4. The average Bonchev–Trinajstić information content (AvgIpc) is 2.73. The van der Waals surface area contributed by atoms with Gasteiger partial charge in [0.2, 0.25) is 5.91 Å². The molecule has 2 aromatic carbocycles. The Bertz CT molecular complexity index is 1200. The van der Waals surface area contributed by atoms with Crippen LogP contribution in [0.2, 0.25) is 5.02 Å². The van der Waals surface area contributed by atoms with E-state index in [1.807, 2.05) is 46.8 Å². The molecule has 0 saturated carbocycles. The highest BCUT2D eigenvalue weighted by molar-refractivity contribution is 7.99. The summed E-state index contributed by atoms with van der Waals surface area (Å²) in [6, 6.07) is 9.14. The molecular weight excluding hydrogens is 458 g/mol. The van der Waals surface area contributed by atoms with Gasteiger partial charge in [-0.05, 0) is 70.4 Å². The van der Waals surface area contributed by atoms with Gasteiger partial charge in [0, 0.05) is 23.9 Å². The van der Waals surface area contributed by atoms with E-state index in [4.69, 9.17) is 16.3 Å². The van der Waals surface area contributed by atoms with E-state index in [1.54, 1.807) is 22.8 Å². The number of aryl methyl sites for hydroxylation is 3. The van der Waals surface area contributed by atoms with Crippen LogP contribution in [0, 0.1) is 20.8 Å². The second-order valence-corrected chi connectivity index (χ2v) is 9.78. The summed E-state index contributed by atoms with van der Waals surface area (Å²) in [4.78, 5) is 30.6. The Morgan fingerprint density at radius 2 is 1.88 bits per heavy atom. The Labute approximate surface area is 203 Å². The Morgan fingerprint density at radius 3 is 2.55 bits per heavy atom. The lowest BCUT2D eigenvalue weighted by Gasteiger charge is -2.15. The van der Waals surface area contributed by atoms with Gasteiger partial charge in [0.15, 0.2) is 5.16 Å². The van der Waals surface area contributed by atoms with Gasteiger partial charge < -0.3 is 10.1 Å². The Balaban J connectivity index is 1.82. The summed E-state index contributed by atoms with van der Waals surface area (Å²) in [6.45, 7) is 10.9. The molecule has 0 spiro atoms. The maximum Gasteiger partial charge on any atom is 0.262 e. The van der Waals surface area contributed by atoms with Crippen molar-refractivity contribution in [3.8, 4) is 0 Å². The van der Waals surface area contributed by atoms with Crippen molar-refractivity contribution in [2.24, 2.45) is 0 Å². The monoisotopic (exact) mass is 487 g/mol. The minimum atomic E-state index is -0.148. The van der Waals surface area contributed by atoms with E-state index in [-0.39, 0.29) is 23.3 Å². The van der Waals surface area contributed by atoms with Gasteiger partial charge in [0.25, 0.3) is 5.56 Å². The SMILES string of the molecule is Cc1cc(C)c(NC(=O)CSc2nc3cc(Cl)ccc3c(=O)n2CCCOC(C)C)c(C)c1. The fourth-order valence-electron chi connectivity index (χ4n) is 3.71. The van der Waals surface area contributed by atoms with Crippen molar-refractivity contribution in [2.45, 2.75) is 58.8 Å². The lowest BCUT2D eigenvalue weighted by molar-refractivity contribution is -0.113. The summed E-state index contributed by atoms with van der Waals surface area (Å²) in [5, 5.41) is 4.51. The Kier molecular flexibility index (Phi) is 8.57. The number of nitrogens with zero attached hydrogens (tertiary/aromatic N) is 2. The molecule has 0 radical (unpaired) electrons. The molecule has 1 N–H and O–H groups in total. The molecule has 0 saturated heterocycles. The average molecular weight is 488 g/mol. The fraction of sp³-hybridized carbons (Fsp3) is 0.400. The number of fused-ring (bicyclic) bond motifs is 1. The first-order valence-corrected chi connectivity index (χ1v) is 12.3. The lowest BCUT2D eigenvalue weighted by Crippen LogP contribution is -2.25. The van der Waals surface area contributed by atoms with Crippen LogP contribution < -0.4 is 10.9 Å². The van der Waals surface area contributed by atoms with Gasteiger partial charge in [-0.25, -0.2) is 4.98 Å². The molecular formula is C25H30ClN3O3S. The molecule has 0 aliphatic heterocycles. The molecule has 176 valence electrons. The summed E-state index contributed by atoms with van der Waals surface area (Å²) in [6.07, 6.45) is 0.797. The molecule has 1 amide bonds. The molecule has 3 aromatic rings. The molecule has 0 aliphatic carbocycles. The van der Waals surface area contributed by atoms with Gasteiger partial charge in [-0.3, -0.25) is 14.2 Å². The highest BCUT2D eigenvalue weighted by Crippen LogP contribution is 2.24. The van der Waals surface area contributed by atoms with Crippen molar-refractivity contribution in [1.82, 2.24) is 9.55 Å². The van der Waals surface area contributed by atoms with Crippen LogP contribution in [0.3, 0.4) is 0 Å². The van der Waals surface area contributed by atoms with Crippen LogP contribution >= 0.6 is 23.4 Å². The van der Waals surface area contributed by atoms with Crippen LogP contribution in [0.15, 0.2) is 40.3 Å². The standard InChI is InChI=1S/C25H30ClN3O3S/c1-15(2)32-10-6-9-29-24(31)20-8-7-19(26)13-21(20)27-25(29)33-14-22(30)28-23-17(4)11-16(3)12-18(23)5/h7-8,11-13,15H,6,9-10,14H2,1-5H3,(H,28,30). The number of thioether (sulfide) groups is 1. The van der Waals surface area contributed by atoms with Crippen molar-refractivity contribution in [3.05, 3.63) is 62.4 Å². The maximum absolute atomic E-state index is 13.2. The predicted molar refractivity (Wildman–Crippen MR) is 137 cm³/mol. The van der Waals surface area contributed by atoms with Gasteiger partial charge in [-0.1, -0.05) is 41.1 Å². The zero-order chi connectivity index (χ0) is 24.1. The Hall–Kier alpha value is -2.35. The molecule has 1 aromatic heterocycles. The highest BCUT2D eigenvalue weighted by Gasteiger charge is 2.15. The third kappa shape index (κ3) is 6.59. The number of carbonyl (C=O) groups is 1. The van der Waals surface area contributed by atoms with Crippen molar-refractivity contribution in [2.75, 3.05) is 17.7 Å². The van der Waals surface area contributed by atoms with Gasteiger partial charge in [-0.2, -0.15) is 0 Å². The number of rotatable bonds is 9. The molecule has 0 fully saturated rings. The number of aromatic nitrogens is 2. The number of hydrogen-bond acceptors (Lipinski definition) is 5. The zero-order valence-electron chi connectivity index (χ0n) is 19.7. The van der Waals surface area contributed by atoms with E-state index in [0.29, 0.717) is 40.7 Å². The van der Waals surface area contributed by atoms with Crippen molar-refractivity contribution < 1.29 is 9.53 Å². The quantitative estimate of drug-likeness (QED) is 0.244. The number of amides is 1. The molecule has 0 bridgehead atoms. The van der Waals surface area contributed by atoms with Crippen LogP contribution in [0.5, 0.6) is 0 Å². The predicted octanol–water partition coefficient (Wildman–Crippen LogP) is 5.52. The largest absolute Gasteiger partial charge is 0.379 e. The smallest absolute Gasteiger partial charge is 0.262 e. The van der Waals surface area contributed by atoms with Crippen LogP contribution in [0.25, 0.3) is 10.9 Å². The van der Waals surface area contributed by atoms with Crippen molar-refractivity contribution in [1.29, 1.82) is 0 Å². The van der Waals surface area contributed by atoms with Crippen LogP contribution in [0.1, 0.15) is 37.0 Å². The summed E-state index contributed by atoms with van der Waals surface area (Å²) in [7, 11) is 0. The third-order valence-corrected chi connectivity index (χ3v) is 6.34. The minimum absolute atomic E-state index is 0.129. The summed E-state index contributed by atoms with van der Waals surface area (Å²) in [5.41, 5.74) is 4.40. The van der Waals surface area contributed by atoms with Gasteiger partial charge in [0.1, 0.15) is 0 Å². The maximum atomic E-state index is 13.2. The molecule has 3 rings (SSSR count). The van der Waals surface area contributed by atoms with Crippen molar-refractivity contribution >= 4 is 45.9 Å². The number of hydrogen-bond donors (Lipinski definition) is 1. The van der Waals surface area contributed by atoms with Crippen LogP contribution in [0.4, 0.5) is 5.69 Å². The highest BCUT2D eigenvalue weighted by atomic mass is 35.5.